The van der Waals surface area contributed by atoms with Crippen LogP contribution >= 0.6 is 11.6 Å². The number of carbonyl (C=O) groups excluding carboxylic acids is 1. The number of amides is 1. The minimum atomic E-state index is -0.373. The molecule has 20 heavy (non-hydrogen) atoms. The maximum absolute atomic E-state index is 12.2. The predicted molar refractivity (Wildman–Crippen MR) is 82.8 cm³/mol. The average molecular weight is 295 g/mol. The largest absolute Gasteiger partial charge is 0.341 e. The summed E-state index contributed by atoms with van der Waals surface area (Å²) >= 11 is 5.91. The number of nitrogens with two attached hydrogens (primary N) is 1. The van der Waals surface area contributed by atoms with E-state index in [0.717, 1.165) is 31.0 Å². The zero-order chi connectivity index (χ0) is 14.7. The van der Waals surface area contributed by atoms with Gasteiger partial charge in [-0.3, -0.25) is 4.79 Å². The summed E-state index contributed by atoms with van der Waals surface area (Å²) in [6, 6.07) is 7.67. The Bertz CT molecular complexity index is 450. The molecule has 1 aliphatic rings. The van der Waals surface area contributed by atoms with Crippen LogP contribution in [0.2, 0.25) is 5.02 Å². The molecule has 0 spiro atoms. The number of piperidine rings is 1. The number of hydrogen-bond donors (Lipinski definition) is 1. The van der Waals surface area contributed by atoms with E-state index >= 15 is 0 Å². The van der Waals surface area contributed by atoms with Crippen molar-refractivity contribution in [2.24, 2.45) is 11.7 Å². The van der Waals surface area contributed by atoms with Gasteiger partial charge in [0.1, 0.15) is 0 Å². The summed E-state index contributed by atoms with van der Waals surface area (Å²) in [6.07, 6.45) is 2.00. The molecule has 0 unspecified atom stereocenters. The molecule has 0 saturated carbocycles. The smallest absolute Gasteiger partial charge is 0.239 e. The molecule has 0 radical (unpaired) electrons. The number of hydrogen-bond acceptors (Lipinski definition) is 2. The minimum Gasteiger partial charge on any atom is -0.341 e. The first kappa shape index (κ1) is 15.3. The van der Waals surface area contributed by atoms with Crippen LogP contribution in [0.15, 0.2) is 24.3 Å². The molecule has 1 aromatic carbocycles. The third-order valence-electron chi connectivity index (χ3n) is 4.15. The first-order valence-electron chi connectivity index (χ1n) is 7.29. The Morgan fingerprint density at radius 2 is 1.80 bits per heavy atom. The molecule has 1 aliphatic heterocycles. The van der Waals surface area contributed by atoms with Crippen LogP contribution in [0.3, 0.4) is 0 Å². The van der Waals surface area contributed by atoms with Gasteiger partial charge in [0.05, 0.1) is 6.04 Å². The third-order valence-corrected chi connectivity index (χ3v) is 4.40. The molecule has 0 aliphatic carbocycles. The molecular weight excluding hydrogens is 272 g/mol. The molecular formula is C16H23ClN2O. The van der Waals surface area contributed by atoms with Gasteiger partial charge in [0.25, 0.3) is 0 Å². The fourth-order valence-corrected chi connectivity index (χ4v) is 2.79. The molecule has 1 fully saturated rings. The molecule has 110 valence electrons. The monoisotopic (exact) mass is 294 g/mol. The topological polar surface area (TPSA) is 46.3 Å². The van der Waals surface area contributed by atoms with E-state index < -0.39 is 0 Å². The predicted octanol–water partition coefficient (Wildman–Crippen LogP) is 3.03. The lowest BCUT2D eigenvalue weighted by atomic mass is 9.89. The molecule has 0 aromatic heterocycles. The highest BCUT2D eigenvalue weighted by Gasteiger charge is 2.28. The molecule has 1 saturated heterocycles. The number of carbonyl (C=O) groups is 1. The van der Waals surface area contributed by atoms with Crippen LogP contribution in [0.1, 0.15) is 38.2 Å². The van der Waals surface area contributed by atoms with Crippen molar-refractivity contribution in [3.05, 3.63) is 34.9 Å². The SMILES string of the molecule is CC(C)[C@@H](N)C(=O)N1CCC(c2ccc(Cl)cc2)CC1. The Labute approximate surface area is 126 Å². The molecule has 1 atom stereocenters. The second-order valence-corrected chi connectivity index (χ2v) is 6.36. The maximum Gasteiger partial charge on any atom is 0.239 e. The van der Waals surface area contributed by atoms with Crippen molar-refractivity contribution in [3.63, 3.8) is 0 Å². The first-order valence-corrected chi connectivity index (χ1v) is 7.66. The van der Waals surface area contributed by atoms with Crippen molar-refractivity contribution in [1.82, 2.24) is 4.90 Å². The molecule has 4 heteroatoms. The van der Waals surface area contributed by atoms with Crippen LogP contribution in [0.5, 0.6) is 0 Å². The highest BCUT2D eigenvalue weighted by Crippen LogP contribution is 2.29. The van der Waals surface area contributed by atoms with Crippen LogP contribution in [-0.4, -0.2) is 29.9 Å². The maximum atomic E-state index is 12.2. The van der Waals surface area contributed by atoms with Gasteiger partial charge in [-0.25, -0.2) is 0 Å². The van der Waals surface area contributed by atoms with Crippen LogP contribution in [-0.2, 0) is 4.79 Å². The van der Waals surface area contributed by atoms with E-state index in [4.69, 9.17) is 17.3 Å². The van der Waals surface area contributed by atoms with Gasteiger partial charge >= 0.3 is 0 Å². The van der Waals surface area contributed by atoms with Crippen LogP contribution < -0.4 is 5.73 Å². The van der Waals surface area contributed by atoms with Crippen LogP contribution in [0.4, 0.5) is 0 Å². The number of halogens is 1. The van der Waals surface area contributed by atoms with E-state index in [2.05, 4.69) is 12.1 Å². The number of benzene rings is 1. The quantitative estimate of drug-likeness (QED) is 0.931. The van der Waals surface area contributed by atoms with Gasteiger partial charge in [0.15, 0.2) is 0 Å². The van der Waals surface area contributed by atoms with Crippen LogP contribution in [0, 0.1) is 5.92 Å². The summed E-state index contributed by atoms with van der Waals surface area (Å²) < 4.78 is 0. The second kappa shape index (κ2) is 6.59. The zero-order valence-electron chi connectivity index (χ0n) is 12.2. The number of likely N-dealkylation sites (tertiary alicyclic amines) is 1. The van der Waals surface area contributed by atoms with Gasteiger partial charge in [-0.2, -0.15) is 0 Å². The van der Waals surface area contributed by atoms with Gasteiger partial charge in [-0.15, -0.1) is 0 Å². The van der Waals surface area contributed by atoms with Crippen molar-refractivity contribution >= 4 is 17.5 Å². The summed E-state index contributed by atoms with van der Waals surface area (Å²) in [5.41, 5.74) is 7.26. The number of rotatable bonds is 3. The lowest BCUT2D eigenvalue weighted by molar-refractivity contribution is -0.134. The fraction of sp³-hybridized carbons (Fsp3) is 0.562. The summed E-state index contributed by atoms with van der Waals surface area (Å²) in [5.74, 6) is 0.803. The second-order valence-electron chi connectivity index (χ2n) is 5.92. The van der Waals surface area contributed by atoms with E-state index in [-0.39, 0.29) is 17.9 Å². The van der Waals surface area contributed by atoms with Gasteiger partial charge < -0.3 is 10.6 Å². The molecule has 1 amide bonds. The Kier molecular flexibility index (Phi) is 5.06. The normalized spacial score (nSPS) is 18.4. The summed E-state index contributed by atoms with van der Waals surface area (Å²) in [6.45, 7) is 5.57. The Morgan fingerprint density at radius 1 is 1.25 bits per heavy atom. The van der Waals surface area contributed by atoms with Gasteiger partial charge in [-0.1, -0.05) is 37.6 Å². The summed E-state index contributed by atoms with van der Waals surface area (Å²) in [5, 5.41) is 0.768. The lowest BCUT2D eigenvalue weighted by Crippen LogP contribution is -2.49. The Hall–Kier alpha value is -1.06. The fourth-order valence-electron chi connectivity index (χ4n) is 2.66. The van der Waals surface area contributed by atoms with E-state index in [1.807, 2.05) is 30.9 Å². The molecule has 1 heterocycles. The Balaban J connectivity index is 1.92. The summed E-state index contributed by atoms with van der Waals surface area (Å²) in [4.78, 5) is 14.1. The summed E-state index contributed by atoms with van der Waals surface area (Å²) in [7, 11) is 0. The molecule has 2 rings (SSSR count). The molecule has 3 nitrogen and oxygen atoms in total. The van der Waals surface area contributed by atoms with E-state index in [9.17, 15) is 4.79 Å². The highest BCUT2D eigenvalue weighted by atomic mass is 35.5. The van der Waals surface area contributed by atoms with Crippen molar-refractivity contribution in [2.75, 3.05) is 13.1 Å². The average Bonchev–Trinajstić information content (AvgIpc) is 2.46. The van der Waals surface area contributed by atoms with E-state index in [1.165, 1.54) is 5.56 Å². The zero-order valence-corrected chi connectivity index (χ0v) is 12.9. The van der Waals surface area contributed by atoms with Crippen molar-refractivity contribution in [1.29, 1.82) is 0 Å². The lowest BCUT2D eigenvalue weighted by Gasteiger charge is -2.34. The highest BCUT2D eigenvalue weighted by molar-refractivity contribution is 6.30. The standard InChI is InChI=1S/C16H23ClN2O/c1-11(2)15(18)16(20)19-9-7-13(8-10-19)12-3-5-14(17)6-4-12/h3-6,11,13,15H,7-10,18H2,1-2H3/t15-/m1/s1. The van der Waals surface area contributed by atoms with E-state index in [1.54, 1.807) is 0 Å². The van der Waals surface area contributed by atoms with Crippen molar-refractivity contribution in [3.8, 4) is 0 Å². The van der Waals surface area contributed by atoms with E-state index in [0.29, 0.717) is 5.92 Å². The van der Waals surface area contributed by atoms with Gasteiger partial charge in [0, 0.05) is 18.1 Å². The van der Waals surface area contributed by atoms with Gasteiger partial charge in [0.2, 0.25) is 5.91 Å². The molecule has 2 N–H and O–H groups in total. The Morgan fingerprint density at radius 3 is 2.30 bits per heavy atom. The van der Waals surface area contributed by atoms with Crippen molar-refractivity contribution in [2.45, 2.75) is 38.6 Å². The van der Waals surface area contributed by atoms with Gasteiger partial charge in [-0.05, 0) is 42.4 Å². The molecule has 1 aromatic rings. The number of nitrogens with zero attached hydrogens (tertiary/aromatic N) is 1. The minimum absolute atomic E-state index is 0.0922. The molecule has 0 bridgehead atoms. The van der Waals surface area contributed by atoms with Crippen LogP contribution in [0.25, 0.3) is 0 Å². The van der Waals surface area contributed by atoms with Crippen molar-refractivity contribution < 1.29 is 4.79 Å². The first-order chi connectivity index (χ1) is 9.49. The third kappa shape index (κ3) is 3.53.